The van der Waals surface area contributed by atoms with Gasteiger partial charge in [0, 0.05) is 12.2 Å². The van der Waals surface area contributed by atoms with E-state index in [1.54, 1.807) is 24.1 Å². The SMILES string of the molecule is COC(=O)NCC1CN(c2ccc(OC)cc2)C(=O)CO1. The van der Waals surface area contributed by atoms with E-state index in [4.69, 9.17) is 9.47 Å². The van der Waals surface area contributed by atoms with Crippen molar-refractivity contribution < 1.29 is 23.8 Å². The standard InChI is InChI=1S/C14H18N2O5/c1-19-11-5-3-10(4-6-11)16-8-12(21-9-13(16)17)7-15-14(18)20-2/h3-6,12H,7-9H2,1-2H3,(H,15,18). The first kappa shape index (κ1) is 15.1. The average molecular weight is 294 g/mol. The molecule has 0 bridgehead atoms. The molecule has 114 valence electrons. The zero-order valence-electron chi connectivity index (χ0n) is 12.0. The smallest absolute Gasteiger partial charge is 0.406 e. The quantitative estimate of drug-likeness (QED) is 0.888. The van der Waals surface area contributed by atoms with E-state index >= 15 is 0 Å². The molecule has 0 saturated carbocycles. The summed E-state index contributed by atoms with van der Waals surface area (Å²) in [6, 6.07) is 7.21. The molecule has 2 rings (SSSR count). The summed E-state index contributed by atoms with van der Waals surface area (Å²) in [5.41, 5.74) is 0.771. The number of hydrogen-bond donors (Lipinski definition) is 1. The van der Waals surface area contributed by atoms with Crippen molar-refractivity contribution in [2.75, 3.05) is 38.8 Å². The van der Waals surface area contributed by atoms with Crippen LogP contribution in [0.1, 0.15) is 0 Å². The van der Waals surface area contributed by atoms with Gasteiger partial charge >= 0.3 is 6.09 Å². The fraction of sp³-hybridized carbons (Fsp3) is 0.429. The third kappa shape index (κ3) is 3.85. The Morgan fingerprint density at radius 3 is 2.71 bits per heavy atom. The van der Waals surface area contributed by atoms with Crippen molar-refractivity contribution in [3.05, 3.63) is 24.3 Å². The highest BCUT2D eigenvalue weighted by Crippen LogP contribution is 2.21. The molecule has 1 atom stereocenters. The Morgan fingerprint density at radius 2 is 2.10 bits per heavy atom. The number of methoxy groups -OCH3 is 2. The van der Waals surface area contributed by atoms with Crippen LogP contribution in [-0.2, 0) is 14.3 Å². The third-order valence-corrected chi connectivity index (χ3v) is 3.17. The van der Waals surface area contributed by atoms with E-state index < -0.39 is 6.09 Å². The lowest BCUT2D eigenvalue weighted by Gasteiger charge is -2.32. The Labute approximate surface area is 122 Å². The lowest BCUT2D eigenvalue weighted by atomic mass is 10.2. The van der Waals surface area contributed by atoms with Crippen LogP contribution in [0.5, 0.6) is 5.75 Å². The first-order valence-electron chi connectivity index (χ1n) is 6.52. The predicted octanol–water partition coefficient (Wildman–Crippen LogP) is 0.783. The third-order valence-electron chi connectivity index (χ3n) is 3.17. The summed E-state index contributed by atoms with van der Waals surface area (Å²) in [6.07, 6.45) is -0.796. The minimum atomic E-state index is -0.522. The van der Waals surface area contributed by atoms with Crippen molar-refractivity contribution in [2.45, 2.75) is 6.10 Å². The molecular formula is C14H18N2O5. The van der Waals surface area contributed by atoms with Gasteiger partial charge in [0.2, 0.25) is 0 Å². The molecule has 1 aromatic rings. The number of rotatable bonds is 4. The number of hydrogen-bond acceptors (Lipinski definition) is 5. The van der Waals surface area contributed by atoms with E-state index in [-0.39, 0.29) is 25.2 Å². The number of carbonyl (C=O) groups is 2. The summed E-state index contributed by atoms with van der Waals surface area (Å²) < 4.78 is 15.0. The molecule has 0 aliphatic carbocycles. The van der Waals surface area contributed by atoms with Crippen molar-refractivity contribution in [3.8, 4) is 5.75 Å². The minimum Gasteiger partial charge on any atom is -0.497 e. The number of amides is 2. The number of alkyl carbamates (subject to hydrolysis) is 1. The highest BCUT2D eigenvalue weighted by Gasteiger charge is 2.27. The highest BCUT2D eigenvalue weighted by atomic mass is 16.5. The second-order valence-corrected chi connectivity index (χ2v) is 4.51. The number of nitrogens with zero attached hydrogens (tertiary/aromatic N) is 1. The van der Waals surface area contributed by atoms with Crippen LogP contribution in [0.15, 0.2) is 24.3 Å². The molecule has 21 heavy (non-hydrogen) atoms. The van der Waals surface area contributed by atoms with Gasteiger partial charge in [-0.1, -0.05) is 0 Å². The molecule has 0 aromatic heterocycles. The molecule has 1 saturated heterocycles. The molecule has 1 N–H and O–H groups in total. The van der Waals surface area contributed by atoms with Crippen LogP contribution in [0.3, 0.4) is 0 Å². The maximum absolute atomic E-state index is 11.9. The fourth-order valence-electron chi connectivity index (χ4n) is 2.03. The second-order valence-electron chi connectivity index (χ2n) is 4.51. The van der Waals surface area contributed by atoms with Gasteiger partial charge in [-0.25, -0.2) is 4.79 Å². The first-order chi connectivity index (χ1) is 10.1. The van der Waals surface area contributed by atoms with Gasteiger partial charge in [-0.3, -0.25) is 4.79 Å². The van der Waals surface area contributed by atoms with Gasteiger partial charge in [0.15, 0.2) is 0 Å². The number of carbonyl (C=O) groups excluding carboxylic acids is 2. The number of benzene rings is 1. The predicted molar refractivity (Wildman–Crippen MR) is 75.5 cm³/mol. The van der Waals surface area contributed by atoms with Crippen molar-refractivity contribution >= 4 is 17.7 Å². The Morgan fingerprint density at radius 1 is 1.38 bits per heavy atom. The number of anilines is 1. The maximum Gasteiger partial charge on any atom is 0.406 e. The largest absolute Gasteiger partial charge is 0.497 e. The molecule has 1 fully saturated rings. The van der Waals surface area contributed by atoms with Crippen LogP contribution in [0.4, 0.5) is 10.5 Å². The summed E-state index contributed by atoms with van der Waals surface area (Å²) in [7, 11) is 2.88. The molecule has 1 aliphatic heterocycles. The first-order valence-corrected chi connectivity index (χ1v) is 6.52. The normalized spacial score (nSPS) is 18.3. The van der Waals surface area contributed by atoms with Crippen molar-refractivity contribution in [1.82, 2.24) is 5.32 Å². The molecule has 1 aromatic carbocycles. The summed E-state index contributed by atoms with van der Waals surface area (Å²) in [5.74, 6) is 0.609. The Bertz CT molecular complexity index is 503. The average Bonchev–Trinajstić information content (AvgIpc) is 2.54. The molecule has 1 aliphatic rings. The fourth-order valence-corrected chi connectivity index (χ4v) is 2.03. The van der Waals surface area contributed by atoms with Crippen LogP contribution in [0.2, 0.25) is 0 Å². The van der Waals surface area contributed by atoms with Crippen LogP contribution in [0, 0.1) is 0 Å². The summed E-state index contributed by atoms with van der Waals surface area (Å²) in [6.45, 7) is 0.640. The lowest BCUT2D eigenvalue weighted by Crippen LogP contribution is -2.50. The van der Waals surface area contributed by atoms with Gasteiger partial charge in [-0.05, 0) is 24.3 Å². The molecular weight excluding hydrogens is 276 g/mol. The zero-order valence-corrected chi connectivity index (χ0v) is 12.0. The van der Waals surface area contributed by atoms with E-state index in [2.05, 4.69) is 10.1 Å². The molecule has 7 heteroatoms. The van der Waals surface area contributed by atoms with E-state index in [1.807, 2.05) is 12.1 Å². The number of nitrogens with one attached hydrogen (secondary N) is 1. The highest BCUT2D eigenvalue weighted by molar-refractivity contribution is 5.95. The number of ether oxygens (including phenoxy) is 3. The Balaban J connectivity index is 2.00. The maximum atomic E-state index is 11.9. The van der Waals surface area contributed by atoms with Gasteiger partial charge in [0.1, 0.15) is 12.4 Å². The minimum absolute atomic E-state index is 0.0143. The lowest BCUT2D eigenvalue weighted by molar-refractivity contribution is -0.129. The van der Waals surface area contributed by atoms with Crippen LogP contribution in [0.25, 0.3) is 0 Å². The Hall–Kier alpha value is -2.28. The van der Waals surface area contributed by atoms with Gasteiger partial charge in [-0.15, -0.1) is 0 Å². The van der Waals surface area contributed by atoms with Crippen LogP contribution in [-0.4, -0.2) is 52.0 Å². The van der Waals surface area contributed by atoms with Gasteiger partial charge < -0.3 is 24.4 Å². The summed E-state index contributed by atoms with van der Waals surface area (Å²) in [4.78, 5) is 24.6. The molecule has 7 nitrogen and oxygen atoms in total. The Kier molecular flexibility index (Phi) is 4.99. The van der Waals surface area contributed by atoms with E-state index in [0.717, 1.165) is 11.4 Å². The molecule has 0 spiro atoms. The molecule has 1 unspecified atom stereocenters. The van der Waals surface area contributed by atoms with Gasteiger partial charge in [-0.2, -0.15) is 0 Å². The summed E-state index contributed by atoms with van der Waals surface area (Å²) >= 11 is 0. The topological polar surface area (TPSA) is 77.1 Å². The molecule has 0 radical (unpaired) electrons. The monoisotopic (exact) mass is 294 g/mol. The van der Waals surface area contributed by atoms with Crippen LogP contribution < -0.4 is 15.0 Å². The second kappa shape index (κ2) is 6.94. The van der Waals surface area contributed by atoms with Crippen molar-refractivity contribution in [2.24, 2.45) is 0 Å². The summed E-state index contributed by atoms with van der Waals surface area (Å²) in [5, 5.41) is 2.56. The van der Waals surface area contributed by atoms with Crippen molar-refractivity contribution in [3.63, 3.8) is 0 Å². The van der Waals surface area contributed by atoms with E-state index in [0.29, 0.717) is 6.54 Å². The number of morpholine rings is 1. The van der Waals surface area contributed by atoms with E-state index in [9.17, 15) is 9.59 Å². The van der Waals surface area contributed by atoms with Crippen molar-refractivity contribution in [1.29, 1.82) is 0 Å². The van der Waals surface area contributed by atoms with Crippen LogP contribution >= 0.6 is 0 Å². The van der Waals surface area contributed by atoms with Gasteiger partial charge in [0.05, 0.1) is 26.9 Å². The zero-order chi connectivity index (χ0) is 15.2. The molecule has 2 amide bonds. The van der Waals surface area contributed by atoms with Gasteiger partial charge in [0.25, 0.3) is 5.91 Å². The van der Waals surface area contributed by atoms with E-state index in [1.165, 1.54) is 7.11 Å². The molecule has 1 heterocycles.